The minimum Gasteiger partial charge on any atom is -0.325 e. The molecule has 4 rings (SSSR count). The summed E-state index contributed by atoms with van der Waals surface area (Å²) in [5.74, 6) is -1.48. The molecule has 2 aromatic heterocycles. The maximum atomic E-state index is 13.9. The summed E-state index contributed by atoms with van der Waals surface area (Å²) < 4.78 is 29.8. The SMILES string of the molecule is Cc1cc2nn(CC(=O)Nc3ccccc3F)c(=O)n2c(Nc2ccc(C)c(F)c2)n1. The number of amides is 1. The largest absolute Gasteiger partial charge is 0.353 e. The van der Waals surface area contributed by atoms with Gasteiger partial charge in [-0.1, -0.05) is 18.2 Å². The van der Waals surface area contributed by atoms with E-state index in [0.717, 1.165) is 4.68 Å². The molecule has 8 nitrogen and oxygen atoms in total. The number of nitrogens with zero attached hydrogens (tertiary/aromatic N) is 4. The fraction of sp³-hybridized carbons (Fsp3) is 0.143. The molecule has 2 aromatic carbocycles. The average molecular weight is 424 g/mol. The van der Waals surface area contributed by atoms with Crippen LogP contribution in [-0.2, 0) is 11.3 Å². The third-order valence-corrected chi connectivity index (χ3v) is 4.57. The predicted molar refractivity (Wildman–Crippen MR) is 111 cm³/mol. The fourth-order valence-corrected chi connectivity index (χ4v) is 3.03. The van der Waals surface area contributed by atoms with Gasteiger partial charge >= 0.3 is 5.69 Å². The van der Waals surface area contributed by atoms with Crippen molar-refractivity contribution < 1.29 is 13.6 Å². The van der Waals surface area contributed by atoms with Gasteiger partial charge in [0.1, 0.15) is 18.2 Å². The van der Waals surface area contributed by atoms with Crippen molar-refractivity contribution in [2.75, 3.05) is 10.6 Å². The van der Waals surface area contributed by atoms with Gasteiger partial charge in [-0.25, -0.2) is 27.6 Å². The van der Waals surface area contributed by atoms with E-state index in [2.05, 4.69) is 20.7 Å². The Labute approximate surface area is 175 Å². The molecule has 10 heteroatoms. The van der Waals surface area contributed by atoms with Gasteiger partial charge in [0.05, 0.1) is 5.69 Å². The second-order valence-electron chi connectivity index (χ2n) is 6.97. The molecule has 0 aliphatic carbocycles. The van der Waals surface area contributed by atoms with Gasteiger partial charge in [0, 0.05) is 17.4 Å². The number of para-hydroxylation sites is 1. The third-order valence-electron chi connectivity index (χ3n) is 4.57. The molecule has 2 heterocycles. The van der Waals surface area contributed by atoms with Crippen molar-refractivity contribution in [3.63, 3.8) is 0 Å². The molecule has 0 fully saturated rings. The van der Waals surface area contributed by atoms with E-state index < -0.39 is 29.8 Å². The van der Waals surface area contributed by atoms with Crippen LogP contribution in [0.25, 0.3) is 5.65 Å². The summed E-state index contributed by atoms with van der Waals surface area (Å²) in [6.07, 6.45) is 0. The monoisotopic (exact) mass is 424 g/mol. The third kappa shape index (κ3) is 4.13. The zero-order valence-electron chi connectivity index (χ0n) is 16.7. The number of hydrogen-bond acceptors (Lipinski definition) is 5. The van der Waals surface area contributed by atoms with Gasteiger partial charge in [0.15, 0.2) is 5.65 Å². The summed E-state index contributed by atoms with van der Waals surface area (Å²) in [6.45, 7) is 2.94. The molecule has 2 N–H and O–H groups in total. The Bertz CT molecular complexity index is 1360. The van der Waals surface area contributed by atoms with Crippen molar-refractivity contribution in [1.82, 2.24) is 19.2 Å². The van der Waals surface area contributed by atoms with E-state index in [1.807, 2.05) is 0 Å². The van der Waals surface area contributed by atoms with Crippen molar-refractivity contribution in [3.05, 3.63) is 81.9 Å². The van der Waals surface area contributed by atoms with Crippen LogP contribution in [0.3, 0.4) is 0 Å². The maximum absolute atomic E-state index is 13.9. The van der Waals surface area contributed by atoms with Crippen LogP contribution in [-0.4, -0.2) is 25.1 Å². The van der Waals surface area contributed by atoms with Crippen LogP contribution in [0, 0.1) is 25.5 Å². The van der Waals surface area contributed by atoms with Gasteiger partial charge in [-0.15, -0.1) is 5.10 Å². The van der Waals surface area contributed by atoms with Gasteiger partial charge in [-0.3, -0.25) is 4.79 Å². The number of benzene rings is 2. The molecule has 31 heavy (non-hydrogen) atoms. The van der Waals surface area contributed by atoms with E-state index in [9.17, 15) is 18.4 Å². The minimum absolute atomic E-state index is 0.00516. The van der Waals surface area contributed by atoms with Gasteiger partial charge in [0.2, 0.25) is 11.9 Å². The van der Waals surface area contributed by atoms with E-state index in [-0.39, 0.29) is 17.3 Å². The molecule has 0 atom stereocenters. The fourth-order valence-electron chi connectivity index (χ4n) is 3.03. The molecule has 0 saturated heterocycles. The van der Waals surface area contributed by atoms with Crippen molar-refractivity contribution >= 4 is 28.9 Å². The smallest absolute Gasteiger partial charge is 0.325 e. The lowest BCUT2D eigenvalue weighted by Gasteiger charge is -2.08. The molecule has 0 bridgehead atoms. The van der Waals surface area contributed by atoms with Crippen molar-refractivity contribution in [3.8, 4) is 0 Å². The second-order valence-corrected chi connectivity index (χ2v) is 6.97. The van der Waals surface area contributed by atoms with Crippen LogP contribution in [0.2, 0.25) is 0 Å². The van der Waals surface area contributed by atoms with Crippen molar-refractivity contribution in [2.24, 2.45) is 0 Å². The zero-order valence-corrected chi connectivity index (χ0v) is 16.7. The van der Waals surface area contributed by atoms with Crippen LogP contribution in [0.5, 0.6) is 0 Å². The Balaban J connectivity index is 1.66. The second kappa shape index (κ2) is 7.98. The minimum atomic E-state index is -0.624. The predicted octanol–water partition coefficient (Wildman–Crippen LogP) is 3.17. The normalized spacial score (nSPS) is 11.0. The number of fused-ring (bicyclic) bond motifs is 1. The Morgan fingerprint density at radius 3 is 2.58 bits per heavy atom. The summed E-state index contributed by atoms with van der Waals surface area (Å²) in [4.78, 5) is 29.5. The number of halogens is 2. The Morgan fingerprint density at radius 1 is 1.06 bits per heavy atom. The first-order valence-electron chi connectivity index (χ1n) is 9.36. The number of anilines is 3. The van der Waals surface area contributed by atoms with Gasteiger partial charge in [0.25, 0.3) is 0 Å². The number of carbonyl (C=O) groups is 1. The van der Waals surface area contributed by atoms with Crippen LogP contribution in [0.4, 0.5) is 26.1 Å². The lowest BCUT2D eigenvalue weighted by molar-refractivity contribution is -0.117. The highest BCUT2D eigenvalue weighted by molar-refractivity contribution is 5.90. The number of hydrogen-bond donors (Lipinski definition) is 2. The summed E-state index contributed by atoms with van der Waals surface area (Å²) in [6, 6.07) is 11.8. The van der Waals surface area contributed by atoms with Crippen LogP contribution >= 0.6 is 0 Å². The van der Waals surface area contributed by atoms with Gasteiger partial charge < -0.3 is 10.6 Å². The van der Waals surface area contributed by atoms with Crippen LogP contribution in [0.15, 0.2) is 53.3 Å². The van der Waals surface area contributed by atoms with Gasteiger partial charge in [-0.05, 0) is 43.7 Å². The highest BCUT2D eigenvalue weighted by Gasteiger charge is 2.16. The number of aromatic nitrogens is 4. The molecular formula is C21H18F2N6O2. The Kier molecular flexibility index (Phi) is 5.20. The molecule has 158 valence electrons. The molecule has 1 amide bonds. The highest BCUT2D eigenvalue weighted by atomic mass is 19.1. The number of aryl methyl sites for hydroxylation is 2. The molecular weight excluding hydrogens is 406 g/mol. The number of nitrogens with one attached hydrogen (secondary N) is 2. The molecule has 0 radical (unpaired) electrons. The molecule has 0 unspecified atom stereocenters. The zero-order chi connectivity index (χ0) is 22.1. The molecule has 0 saturated carbocycles. The summed E-state index contributed by atoms with van der Waals surface area (Å²) in [5.41, 5.74) is 1.09. The summed E-state index contributed by atoms with van der Waals surface area (Å²) >= 11 is 0. The van der Waals surface area contributed by atoms with Crippen molar-refractivity contribution in [2.45, 2.75) is 20.4 Å². The quantitative estimate of drug-likeness (QED) is 0.513. The van der Waals surface area contributed by atoms with Crippen LogP contribution in [0.1, 0.15) is 11.3 Å². The first-order valence-corrected chi connectivity index (χ1v) is 9.36. The lowest BCUT2D eigenvalue weighted by atomic mass is 10.2. The first kappa shape index (κ1) is 20.2. The standard InChI is InChI=1S/C21H18F2N6O2/c1-12-7-8-14(10-16(12)23)25-20-24-13(2)9-18-27-28(21(31)29(18)20)11-19(30)26-17-6-4-3-5-15(17)22/h3-10H,11H2,1-2H3,(H,24,25)(H,26,30). The highest BCUT2D eigenvalue weighted by Crippen LogP contribution is 2.19. The Morgan fingerprint density at radius 2 is 1.84 bits per heavy atom. The average Bonchev–Trinajstić information content (AvgIpc) is 3.01. The van der Waals surface area contributed by atoms with Crippen LogP contribution < -0.4 is 16.3 Å². The van der Waals surface area contributed by atoms with Gasteiger partial charge in [-0.2, -0.15) is 0 Å². The van der Waals surface area contributed by atoms with E-state index in [1.165, 1.54) is 28.7 Å². The summed E-state index contributed by atoms with van der Waals surface area (Å²) in [7, 11) is 0. The van der Waals surface area contributed by atoms with E-state index in [4.69, 9.17) is 0 Å². The van der Waals surface area contributed by atoms with E-state index in [0.29, 0.717) is 16.9 Å². The Hall–Kier alpha value is -4.08. The number of carbonyl (C=O) groups excluding carboxylic acids is 1. The maximum Gasteiger partial charge on any atom is 0.353 e. The summed E-state index contributed by atoms with van der Waals surface area (Å²) in [5, 5.41) is 9.50. The topological polar surface area (TPSA) is 93.3 Å². The first-order chi connectivity index (χ1) is 14.8. The molecule has 4 aromatic rings. The molecule has 0 spiro atoms. The lowest BCUT2D eigenvalue weighted by Crippen LogP contribution is -2.29. The molecule has 0 aliphatic rings. The van der Waals surface area contributed by atoms with E-state index >= 15 is 0 Å². The van der Waals surface area contributed by atoms with E-state index in [1.54, 1.807) is 38.1 Å². The van der Waals surface area contributed by atoms with Crippen molar-refractivity contribution in [1.29, 1.82) is 0 Å². The number of rotatable bonds is 5. The molecule has 0 aliphatic heterocycles.